The number of halogens is 6. The van der Waals surface area contributed by atoms with Crippen LogP contribution in [0.2, 0.25) is 5.28 Å². The monoisotopic (exact) mass is 1760 g/mol. The van der Waals surface area contributed by atoms with Gasteiger partial charge in [0.2, 0.25) is 5.28 Å². The van der Waals surface area contributed by atoms with Gasteiger partial charge in [0.25, 0.3) is 0 Å². The summed E-state index contributed by atoms with van der Waals surface area (Å²) < 4.78 is 32.1. The van der Waals surface area contributed by atoms with Crippen molar-refractivity contribution in [3.63, 3.8) is 0 Å². The summed E-state index contributed by atoms with van der Waals surface area (Å²) >= 11 is 16.1. The predicted octanol–water partition coefficient (Wildman–Crippen LogP) is 21.5. The van der Waals surface area contributed by atoms with E-state index in [4.69, 9.17) is 39.9 Å². The third-order valence-corrected chi connectivity index (χ3v) is 21.7. The summed E-state index contributed by atoms with van der Waals surface area (Å²) in [6.07, 6.45) is 14.3. The molecule has 19 rings (SSSR count). The summed E-state index contributed by atoms with van der Waals surface area (Å²) in [4.78, 5) is 48.6. The summed E-state index contributed by atoms with van der Waals surface area (Å²) in [5, 5.41) is 17.7. The quantitative estimate of drug-likeness (QED) is 0.105. The Kier molecular flexibility index (Phi) is 27.6. The molecule has 0 atom stereocenters. The van der Waals surface area contributed by atoms with Crippen LogP contribution in [0, 0.1) is 0 Å². The molecule has 17 aromatic rings. The van der Waals surface area contributed by atoms with Crippen molar-refractivity contribution in [1.82, 2.24) is 54.8 Å². The lowest BCUT2D eigenvalue weighted by molar-refractivity contribution is 0.00578. The van der Waals surface area contributed by atoms with Crippen LogP contribution in [0.1, 0.15) is 55.4 Å². The summed E-state index contributed by atoms with van der Waals surface area (Å²) in [6.45, 7) is 16.4. The number of pyridine rings is 8. The summed E-state index contributed by atoms with van der Waals surface area (Å²) in [7, 11) is -0.127. The fourth-order valence-electron chi connectivity index (χ4n) is 12.7. The van der Waals surface area contributed by atoms with Crippen LogP contribution in [0.4, 0.5) is 9.41 Å². The first-order valence-electron chi connectivity index (χ1n) is 37.0. The molecule has 0 bridgehead atoms. The van der Waals surface area contributed by atoms with Crippen LogP contribution in [0.5, 0.6) is 5.75 Å². The first kappa shape index (κ1) is 85.3. The zero-order valence-corrected chi connectivity index (χ0v) is 70.3. The Morgan fingerprint density at radius 2 is 0.684 bits per heavy atom. The highest BCUT2D eigenvalue weighted by Gasteiger charge is 2.53. The molecule has 2 aliphatic rings. The molecule has 0 spiro atoms. The van der Waals surface area contributed by atoms with Gasteiger partial charge in [-0.05, 0) is 215 Å². The van der Waals surface area contributed by atoms with Crippen molar-refractivity contribution in [2.24, 2.45) is 0 Å². The Hall–Kier alpha value is -11.1. The van der Waals surface area contributed by atoms with Crippen molar-refractivity contribution in [1.29, 1.82) is 0 Å². The third kappa shape index (κ3) is 20.3. The second-order valence-corrected chi connectivity index (χ2v) is 31.8. The second-order valence-electron chi connectivity index (χ2n) is 28.9. The normalized spacial score (nSPS) is 13.8. The average Bonchev–Trinajstić information content (AvgIpc) is 1.77. The number of rotatable bonds is 9. The van der Waals surface area contributed by atoms with E-state index < -0.39 is 14.2 Å². The minimum absolute atomic E-state index is 0. The highest BCUT2D eigenvalue weighted by Crippen LogP contribution is 2.39. The molecule has 8 aromatic carbocycles. The molecule has 9 aromatic heterocycles. The lowest BCUT2D eigenvalue weighted by Gasteiger charge is -2.32. The van der Waals surface area contributed by atoms with Gasteiger partial charge < -0.3 is 28.3 Å². The van der Waals surface area contributed by atoms with Crippen molar-refractivity contribution in [2.75, 3.05) is 0 Å². The Bertz CT molecular complexity index is 5960. The molecule has 1 N–H and O–H groups in total. The van der Waals surface area contributed by atoms with Crippen molar-refractivity contribution in [3.05, 3.63) is 323 Å². The topological polar surface area (TPSA) is 208 Å². The van der Waals surface area contributed by atoms with E-state index >= 15 is 0 Å². The van der Waals surface area contributed by atoms with Crippen LogP contribution in [0.15, 0.2) is 318 Å². The standard InChI is InChI=1S/C23H14ClN3.2C20H21BN2O2.C14H9BrN2.C9H7BNO2.C5H3Br2N.2FH/c24-23-26-21(19-11-9-15-5-1-3-7-17(15)13-19)25-22(27-23)20-12-10-16-6-2-4-8-18(16)14-20;2*1-19(2)20(3,4)25-21(24-19)15-10-11-17(23-13-15)16-9-5-7-14-8-6-12-22-18(14)16;15-11-6-7-13(17-9-11)12-5-1-3-10-4-2-8-16-14(10)12;12-10-13-8-5-1-3-7-4-2-6-11-9(7)8;6-4-1-2-5(7)8-3-4;;/h1-14H;2*5-13H,1-4H3;1-9H;1-6,12H;1-3H;2*1H. The largest absolute Gasteiger partial charge is 0.569 e. The fraction of sp³-hybridized carbons (Fsp3) is 0.132. The van der Waals surface area contributed by atoms with Gasteiger partial charge >= 0.3 is 21.9 Å². The molecule has 2 aliphatic heterocycles. The molecular formula is C91H77B3Br3ClF2N11O6. The zero-order chi connectivity index (χ0) is 80.3. The molecule has 583 valence electrons. The smallest absolute Gasteiger partial charge is 0.536 e. The molecule has 0 aliphatic carbocycles. The molecule has 17 nitrogen and oxygen atoms in total. The van der Waals surface area contributed by atoms with Crippen molar-refractivity contribution in [2.45, 2.75) is 77.8 Å². The molecule has 1 radical (unpaired) electrons. The fourth-order valence-corrected chi connectivity index (χ4v) is 13.5. The van der Waals surface area contributed by atoms with E-state index in [0.717, 1.165) is 124 Å². The van der Waals surface area contributed by atoms with Gasteiger partial charge in [-0.15, -0.1) is 0 Å². The number of nitrogens with zero attached hydrogens (tertiary/aromatic N) is 11. The predicted molar refractivity (Wildman–Crippen MR) is 480 cm³/mol. The van der Waals surface area contributed by atoms with Crippen LogP contribution in [-0.2, 0) is 18.6 Å². The Labute approximate surface area is 707 Å². The zero-order valence-electron chi connectivity index (χ0n) is 64.8. The maximum atomic E-state index is 8.50. The number of hydrogen-bond donors (Lipinski definition) is 1. The minimum atomic E-state index is -0.391. The maximum absolute atomic E-state index is 8.50. The molecule has 0 saturated carbocycles. The molecule has 0 amide bonds. The molecule has 2 saturated heterocycles. The maximum Gasteiger partial charge on any atom is 0.569 e. The van der Waals surface area contributed by atoms with Gasteiger partial charge in [0, 0.05) is 119 Å². The highest BCUT2D eigenvalue weighted by molar-refractivity contribution is 9.11. The van der Waals surface area contributed by atoms with E-state index in [0.29, 0.717) is 25.1 Å². The SMILES string of the molecule is Brc1ccc(-c2cccc3cccnc23)nc1.Brc1ccc(Br)nc1.CC1(C)OB(c2ccc(-c3cccc4cccnc34)nc2)OC1(C)C.CC1(C)OB(c2ccc(-c3cccc4cccnc34)nc2)OC1(C)C.Clc1nc(-c2ccc3ccccc3c2)nc(-c2ccc3ccccc3c2)n1.F.F.O[B]Oc1cccc2cccnc12. The van der Waals surface area contributed by atoms with Crippen LogP contribution in [-0.4, -0.2) is 104 Å². The van der Waals surface area contributed by atoms with Gasteiger partial charge in [-0.1, -0.05) is 176 Å². The van der Waals surface area contributed by atoms with Crippen LogP contribution in [0.25, 0.3) is 122 Å². The first-order chi connectivity index (χ1) is 55.6. The lowest BCUT2D eigenvalue weighted by Crippen LogP contribution is -2.41. The van der Waals surface area contributed by atoms with Crippen LogP contribution >= 0.6 is 59.4 Å². The number of benzene rings is 8. The van der Waals surface area contributed by atoms with Gasteiger partial charge in [0.15, 0.2) is 11.6 Å². The van der Waals surface area contributed by atoms with Crippen LogP contribution in [0.3, 0.4) is 0 Å². The molecule has 0 unspecified atom stereocenters. The summed E-state index contributed by atoms with van der Waals surface area (Å²) in [5.74, 6) is 1.70. The first-order valence-corrected chi connectivity index (χ1v) is 39.7. The number of hydrogen-bond acceptors (Lipinski definition) is 17. The Morgan fingerprint density at radius 1 is 0.342 bits per heavy atom. The van der Waals surface area contributed by atoms with Gasteiger partial charge in [0.1, 0.15) is 15.9 Å². The molecular weight excluding hydrogens is 1690 g/mol. The second kappa shape index (κ2) is 37.9. The Morgan fingerprint density at radius 3 is 1.04 bits per heavy atom. The van der Waals surface area contributed by atoms with E-state index in [1.807, 2.05) is 195 Å². The third-order valence-electron chi connectivity index (χ3n) is 20.2. The van der Waals surface area contributed by atoms with Crippen molar-refractivity contribution in [3.8, 4) is 62.3 Å². The molecule has 11 heterocycles. The highest BCUT2D eigenvalue weighted by atomic mass is 79.9. The Balaban J connectivity index is 0.000000133. The number of para-hydroxylation sites is 4. The van der Waals surface area contributed by atoms with E-state index in [1.54, 1.807) is 24.7 Å². The van der Waals surface area contributed by atoms with Crippen LogP contribution < -0.4 is 15.6 Å². The average molecular weight is 1770 g/mol. The lowest BCUT2D eigenvalue weighted by atomic mass is 9.80. The number of fused-ring (bicyclic) bond motifs is 6. The van der Waals surface area contributed by atoms with E-state index in [9.17, 15) is 0 Å². The molecule has 117 heavy (non-hydrogen) atoms. The molecule has 26 heteroatoms. The van der Waals surface area contributed by atoms with Gasteiger partial charge in [-0.25, -0.2) is 9.97 Å². The van der Waals surface area contributed by atoms with Crippen molar-refractivity contribution >= 4 is 157 Å². The van der Waals surface area contributed by atoms with Gasteiger partial charge in [-0.3, -0.25) is 44.3 Å². The summed E-state index contributed by atoms with van der Waals surface area (Å²) in [5.41, 5.74) is 11.8. The molecule has 2 fully saturated rings. The van der Waals surface area contributed by atoms with Gasteiger partial charge in [0.05, 0.1) is 56.0 Å². The van der Waals surface area contributed by atoms with Gasteiger partial charge in [-0.2, -0.15) is 9.97 Å². The van der Waals surface area contributed by atoms with E-state index in [1.165, 1.54) is 10.8 Å². The van der Waals surface area contributed by atoms with E-state index in [2.05, 4.69) is 243 Å². The summed E-state index contributed by atoms with van der Waals surface area (Å²) in [6, 6.07) is 84.3. The van der Waals surface area contributed by atoms with E-state index in [-0.39, 0.29) is 37.1 Å². The number of aromatic nitrogens is 11. The van der Waals surface area contributed by atoms with Crippen molar-refractivity contribution < 1.29 is 37.7 Å². The minimum Gasteiger partial charge on any atom is -0.536 e.